The lowest BCUT2D eigenvalue weighted by Gasteiger charge is -2.24. The van der Waals surface area contributed by atoms with Crippen LogP contribution in [0, 0.1) is 11.8 Å². The molecule has 1 aliphatic rings. The Hall–Kier alpha value is -1.35. The zero-order chi connectivity index (χ0) is 15.2. The molecule has 1 aliphatic heterocycles. The number of benzene rings is 1. The van der Waals surface area contributed by atoms with Gasteiger partial charge in [-0.2, -0.15) is 0 Å². The van der Waals surface area contributed by atoms with Gasteiger partial charge >= 0.3 is 0 Å². The number of carbonyl (C=O) groups is 1. The number of hydrogen-bond donors (Lipinski definition) is 2. The maximum Gasteiger partial charge on any atom is 0.224 e. The molecule has 21 heavy (non-hydrogen) atoms. The maximum atomic E-state index is 12.2. The van der Waals surface area contributed by atoms with E-state index >= 15 is 0 Å². The smallest absolute Gasteiger partial charge is 0.224 e. The van der Waals surface area contributed by atoms with Crippen molar-refractivity contribution in [3.63, 3.8) is 0 Å². The van der Waals surface area contributed by atoms with Crippen molar-refractivity contribution in [2.75, 3.05) is 13.1 Å². The van der Waals surface area contributed by atoms with Gasteiger partial charge in [-0.25, -0.2) is 0 Å². The third kappa shape index (κ3) is 4.85. The Morgan fingerprint density at radius 3 is 2.57 bits per heavy atom. The SMILES string of the molecule is CC(C)Cc1ccc(C(C)NC(=O)C2CCCNC2)cc1. The molecule has 2 unspecified atom stereocenters. The zero-order valence-electron chi connectivity index (χ0n) is 13.5. The molecule has 0 aromatic heterocycles. The van der Waals surface area contributed by atoms with E-state index in [0.717, 1.165) is 32.4 Å². The molecular formula is C18H28N2O. The highest BCUT2D eigenvalue weighted by atomic mass is 16.1. The minimum Gasteiger partial charge on any atom is -0.349 e. The van der Waals surface area contributed by atoms with Gasteiger partial charge in [-0.05, 0) is 49.8 Å². The van der Waals surface area contributed by atoms with E-state index in [-0.39, 0.29) is 17.9 Å². The lowest BCUT2D eigenvalue weighted by atomic mass is 9.97. The van der Waals surface area contributed by atoms with Gasteiger partial charge in [0, 0.05) is 6.54 Å². The minimum atomic E-state index is 0.0764. The van der Waals surface area contributed by atoms with Gasteiger partial charge in [0.1, 0.15) is 0 Å². The first-order valence-corrected chi connectivity index (χ1v) is 8.16. The van der Waals surface area contributed by atoms with Crippen LogP contribution in [-0.2, 0) is 11.2 Å². The summed E-state index contributed by atoms with van der Waals surface area (Å²) in [5.41, 5.74) is 2.54. The standard InChI is InChI=1S/C18H28N2O/c1-13(2)11-15-6-8-16(9-7-15)14(3)20-18(21)17-5-4-10-19-12-17/h6-9,13-14,17,19H,4-5,10-12H2,1-3H3,(H,20,21). The van der Waals surface area contributed by atoms with Gasteiger partial charge in [0.2, 0.25) is 5.91 Å². The Labute approximate surface area is 128 Å². The van der Waals surface area contributed by atoms with Gasteiger partial charge in [0.05, 0.1) is 12.0 Å². The molecule has 2 atom stereocenters. The summed E-state index contributed by atoms with van der Waals surface area (Å²) in [4.78, 5) is 12.2. The fourth-order valence-electron chi connectivity index (χ4n) is 2.90. The van der Waals surface area contributed by atoms with Crippen molar-refractivity contribution in [3.05, 3.63) is 35.4 Å². The largest absolute Gasteiger partial charge is 0.349 e. The number of piperidine rings is 1. The van der Waals surface area contributed by atoms with Crippen LogP contribution in [0.25, 0.3) is 0 Å². The molecular weight excluding hydrogens is 260 g/mol. The molecule has 0 radical (unpaired) electrons. The van der Waals surface area contributed by atoms with Gasteiger partial charge in [0.15, 0.2) is 0 Å². The van der Waals surface area contributed by atoms with Crippen molar-refractivity contribution in [1.82, 2.24) is 10.6 Å². The number of rotatable bonds is 5. The summed E-state index contributed by atoms with van der Waals surface area (Å²) in [5, 5.41) is 6.44. The van der Waals surface area contributed by atoms with E-state index in [9.17, 15) is 4.79 Å². The zero-order valence-corrected chi connectivity index (χ0v) is 13.5. The lowest BCUT2D eigenvalue weighted by molar-refractivity contribution is -0.126. The van der Waals surface area contributed by atoms with Crippen LogP contribution in [0.5, 0.6) is 0 Å². The molecule has 1 aromatic rings. The first-order valence-electron chi connectivity index (χ1n) is 8.16. The molecule has 2 rings (SSSR count). The number of amides is 1. The molecule has 3 nitrogen and oxygen atoms in total. The predicted octanol–water partition coefficient (Wildman–Crippen LogP) is 3.06. The van der Waals surface area contributed by atoms with E-state index in [1.165, 1.54) is 11.1 Å². The third-order valence-corrected chi connectivity index (χ3v) is 4.15. The maximum absolute atomic E-state index is 12.2. The summed E-state index contributed by atoms with van der Waals surface area (Å²) in [6.07, 6.45) is 3.20. The van der Waals surface area contributed by atoms with E-state index in [1.54, 1.807) is 0 Å². The average molecular weight is 288 g/mol. The number of carbonyl (C=O) groups excluding carboxylic acids is 1. The summed E-state index contributed by atoms with van der Waals surface area (Å²) >= 11 is 0. The van der Waals surface area contributed by atoms with E-state index in [4.69, 9.17) is 0 Å². The van der Waals surface area contributed by atoms with Crippen LogP contribution >= 0.6 is 0 Å². The van der Waals surface area contributed by atoms with Gasteiger partial charge < -0.3 is 10.6 Å². The van der Waals surface area contributed by atoms with Crippen molar-refractivity contribution in [1.29, 1.82) is 0 Å². The van der Waals surface area contributed by atoms with E-state index < -0.39 is 0 Å². The molecule has 1 saturated heterocycles. The van der Waals surface area contributed by atoms with Gasteiger partial charge in [-0.15, -0.1) is 0 Å². The number of hydrogen-bond acceptors (Lipinski definition) is 2. The summed E-state index contributed by atoms with van der Waals surface area (Å²) in [5.74, 6) is 0.981. The second-order valence-corrected chi connectivity index (χ2v) is 6.61. The quantitative estimate of drug-likeness (QED) is 0.874. The highest BCUT2D eigenvalue weighted by molar-refractivity contribution is 5.79. The van der Waals surface area contributed by atoms with Gasteiger partial charge in [-0.1, -0.05) is 38.1 Å². The Balaban J connectivity index is 1.90. The van der Waals surface area contributed by atoms with Crippen molar-refractivity contribution in [2.24, 2.45) is 11.8 Å². The number of nitrogens with one attached hydrogen (secondary N) is 2. The van der Waals surface area contributed by atoms with Gasteiger partial charge in [0.25, 0.3) is 0 Å². The molecule has 3 heteroatoms. The van der Waals surface area contributed by atoms with Gasteiger partial charge in [-0.3, -0.25) is 4.79 Å². The second kappa shape index (κ2) is 7.60. The van der Waals surface area contributed by atoms with E-state index in [0.29, 0.717) is 5.92 Å². The fraction of sp³-hybridized carbons (Fsp3) is 0.611. The van der Waals surface area contributed by atoms with Crippen LogP contribution in [-0.4, -0.2) is 19.0 Å². The predicted molar refractivity (Wildman–Crippen MR) is 87.1 cm³/mol. The molecule has 2 N–H and O–H groups in total. The van der Waals surface area contributed by atoms with Crippen molar-refractivity contribution in [3.8, 4) is 0 Å². The summed E-state index contributed by atoms with van der Waals surface area (Å²) < 4.78 is 0. The average Bonchev–Trinajstić information content (AvgIpc) is 2.48. The molecule has 1 aromatic carbocycles. The van der Waals surface area contributed by atoms with Crippen LogP contribution in [0.1, 0.15) is 50.8 Å². The highest BCUT2D eigenvalue weighted by Crippen LogP contribution is 2.17. The normalized spacial score (nSPS) is 20.3. The third-order valence-electron chi connectivity index (χ3n) is 4.15. The Morgan fingerprint density at radius 2 is 2.00 bits per heavy atom. The van der Waals surface area contributed by atoms with Crippen molar-refractivity contribution in [2.45, 2.75) is 46.1 Å². The van der Waals surface area contributed by atoms with Crippen LogP contribution in [0.2, 0.25) is 0 Å². The molecule has 0 saturated carbocycles. The Bertz CT molecular complexity index is 447. The molecule has 0 bridgehead atoms. The second-order valence-electron chi connectivity index (χ2n) is 6.61. The minimum absolute atomic E-state index is 0.0764. The Morgan fingerprint density at radius 1 is 1.29 bits per heavy atom. The summed E-state index contributed by atoms with van der Waals surface area (Å²) in [6.45, 7) is 8.37. The molecule has 1 fully saturated rings. The first-order chi connectivity index (χ1) is 10.1. The monoisotopic (exact) mass is 288 g/mol. The highest BCUT2D eigenvalue weighted by Gasteiger charge is 2.22. The van der Waals surface area contributed by atoms with Crippen molar-refractivity contribution < 1.29 is 4.79 Å². The van der Waals surface area contributed by atoms with E-state index in [2.05, 4.69) is 55.7 Å². The first kappa shape index (κ1) is 16.0. The van der Waals surface area contributed by atoms with Crippen molar-refractivity contribution >= 4 is 5.91 Å². The summed E-state index contributed by atoms with van der Waals surface area (Å²) in [7, 11) is 0. The van der Waals surface area contributed by atoms with Crippen LogP contribution in [0.4, 0.5) is 0 Å². The Kier molecular flexibility index (Phi) is 5.80. The summed E-state index contributed by atoms with van der Waals surface area (Å²) in [6, 6.07) is 8.72. The topological polar surface area (TPSA) is 41.1 Å². The lowest BCUT2D eigenvalue weighted by Crippen LogP contribution is -2.41. The molecule has 116 valence electrons. The molecule has 0 aliphatic carbocycles. The van der Waals surface area contributed by atoms with Crippen LogP contribution in [0.15, 0.2) is 24.3 Å². The van der Waals surface area contributed by atoms with Crippen LogP contribution < -0.4 is 10.6 Å². The molecule has 0 spiro atoms. The molecule has 1 amide bonds. The van der Waals surface area contributed by atoms with E-state index in [1.807, 2.05) is 0 Å². The fourth-order valence-corrected chi connectivity index (χ4v) is 2.90. The molecule has 1 heterocycles. The van der Waals surface area contributed by atoms with Crippen LogP contribution in [0.3, 0.4) is 0 Å².